The van der Waals surface area contributed by atoms with Gasteiger partial charge in [0.05, 0.1) is 6.61 Å². The van der Waals surface area contributed by atoms with Crippen LogP contribution in [0.4, 0.5) is 0 Å². The number of unbranched alkanes of at least 4 members (excludes halogenated alkanes) is 7. The van der Waals surface area contributed by atoms with Crippen LogP contribution in [0.5, 0.6) is 0 Å². The van der Waals surface area contributed by atoms with Crippen LogP contribution >= 0.6 is 7.82 Å². The second-order valence-electron chi connectivity index (χ2n) is 10.1. The Hall–Kier alpha value is -2.25. The third-order valence-electron chi connectivity index (χ3n) is 6.05. The molecule has 0 aromatic heterocycles. The van der Waals surface area contributed by atoms with Crippen molar-refractivity contribution in [1.29, 1.82) is 0 Å². The predicted molar refractivity (Wildman–Crippen MR) is 170 cm³/mol. The first kappa shape index (κ1) is 39.8. The lowest BCUT2D eigenvalue weighted by Crippen LogP contribution is -2.29. The van der Waals surface area contributed by atoms with E-state index in [1.807, 2.05) is 12.2 Å². The molecule has 0 aliphatic heterocycles. The summed E-state index contributed by atoms with van der Waals surface area (Å²) >= 11 is 0. The highest BCUT2D eigenvalue weighted by molar-refractivity contribution is 7.46. The van der Waals surface area contributed by atoms with Crippen LogP contribution in [-0.2, 0) is 28.2 Å². The molecular weight excluding hydrogens is 555 g/mol. The summed E-state index contributed by atoms with van der Waals surface area (Å²) in [6, 6.07) is 0. The molecule has 0 saturated heterocycles. The molecule has 0 fully saturated rings. The smallest absolute Gasteiger partial charge is 0.462 e. The van der Waals surface area contributed by atoms with Crippen molar-refractivity contribution in [3.8, 4) is 0 Å². The van der Waals surface area contributed by atoms with E-state index in [0.717, 1.165) is 51.4 Å². The minimum absolute atomic E-state index is 0.132. The third kappa shape index (κ3) is 30.7. The van der Waals surface area contributed by atoms with Gasteiger partial charge >= 0.3 is 19.8 Å². The molecule has 9 heteroatoms. The Labute approximate surface area is 254 Å². The maximum Gasteiger partial charge on any atom is 0.469 e. The standard InChI is InChI=1S/C33H55O8P/c1-3-5-7-9-11-12-13-14-15-16-17-18-19-20-22-24-26-28-33(35)41-31(30-40-42(36,37)38)29-39-32(34)27-25-23-21-10-8-6-4-2/h5,7,11-12,14-15,17-18,20,22,31H,3-4,6,8-10,13,16,19,21,23-30H2,1-2H3,(H2,36,37,38)/b7-5-,12-11-,15-14-,18-17-,22-20-. The number of carbonyl (C=O) groups is 2. The highest BCUT2D eigenvalue weighted by atomic mass is 31.2. The normalized spacial score (nSPS) is 13.3. The molecule has 0 bridgehead atoms. The number of hydrogen-bond acceptors (Lipinski definition) is 6. The van der Waals surface area contributed by atoms with Gasteiger partial charge in [0.1, 0.15) is 6.61 Å². The fourth-order valence-electron chi connectivity index (χ4n) is 3.76. The number of phosphoric acid groups is 1. The van der Waals surface area contributed by atoms with Crippen molar-refractivity contribution in [2.75, 3.05) is 13.2 Å². The summed E-state index contributed by atoms with van der Waals surface area (Å²) in [6.07, 6.45) is 34.0. The third-order valence-corrected chi connectivity index (χ3v) is 6.54. The largest absolute Gasteiger partial charge is 0.469 e. The van der Waals surface area contributed by atoms with Gasteiger partial charge in [-0.3, -0.25) is 14.1 Å². The van der Waals surface area contributed by atoms with E-state index in [9.17, 15) is 14.2 Å². The van der Waals surface area contributed by atoms with Crippen LogP contribution in [0, 0.1) is 0 Å². The number of phosphoric ester groups is 1. The molecule has 0 aliphatic carbocycles. The molecule has 0 saturated carbocycles. The quantitative estimate of drug-likeness (QED) is 0.0411. The van der Waals surface area contributed by atoms with Gasteiger partial charge in [-0.1, -0.05) is 113 Å². The number of ether oxygens (including phenoxy) is 2. The topological polar surface area (TPSA) is 119 Å². The van der Waals surface area contributed by atoms with E-state index in [4.69, 9.17) is 19.3 Å². The predicted octanol–water partition coefficient (Wildman–Crippen LogP) is 8.61. The Bertz CT molecular complexity index is 869. The summed E-state index contributed by atoms with van der Waals surface area (Å²) in [6.45, 7) is 3.42. The lowest BCUT2D eigenvalue weighted by molar-refractivity contribution is -0.161. The van der Waals surface area contributed by atoms with Gasteiger partial charge in [-0.15, -0.1) is 0 Å². The summed E-state index contributed by atoms with van der Waals surface area (Å²) in [4.78, 5) is 42.3. The van der Waals surface area contributed by atoms with Gasteiger partial charge in [0.2, 0.25) is 0 Å². The van der Waals surface area contributed by atoms with Gasteiger partial charge in [0.15, 0.2) is 6.10 Å². The van der Waals surface area contributed by atoms with Gasteiger partial charge < -0.3 is 19.3 Å². The van der Waals surface area contributed by atoms with Crippen LogP contribution in [0.15, 0.2) is 60.8 Å². The maximum absolute atomic E-state index is 12.2. The second-order valence-corrected chi connectivity index (χ2v) is 11.3. The Balaban J connectivity index is 4.17. The summed E-state index contributed by atoms with van der Waals surface area (Å²) in [5.41, 5.74) is 0. The molecule has 0 rings (SSSR count). The summed E-state index contributed by atoms with van der Waals surface area (Å²) in [7, 11) is -4.75. The molecular formula is C33H55O8P. The van der Waals surface area contributed by atoms with E-state index < -0.39 is 32.5 Å². The van der Waals surface area contributed by atoms with Crippen LogP contribution < -0.4 is 0 Å². The van der Waals surface area contributed by atoms with Crippen LogP contribution in [0.25, 0.3) is 0 Å². The maximum atomic E-state index is 12.2. The van der Waals surface area contributed by atoms with E-state index >= 15 is 0 Å². The molecule has 1 atom stereocenters. The van der Waals surface area contributed by atoms with Gasteiger partial charge in [0.25, 0.3) is 0 Å². The van der Waals surface area contributed by atoms with Crippen molar-refractivity contribution >= 4 is 19.8 Å². The Morgan fingerprint density at radius 1 is 0.643 bits per heavy atom. The average molecular weight is 611 g/mol. The number of carbonyl (C=O) groups excluding carboxylic acids is 2. The monoisotopic (exact) mass is 610 g/mol. The van der Waals surface area contributed by atoms with Crippen molar-refractivity contribution in [1.82, 2.24) is 0 Å². The molecule has 0 aromatic rings. The molecule has 240 valence electrons. The molecule has 0 radical (unpaired) electrons. The lowest BCUT2D eigenvalue weighted by Gasteiger charge is -2.18. The zero-order chi connectivity index (χ0) is 31.2. The van der Waals surface area contributed by atoms with Crippen molar-refractivity contribution in [2.45, 2.75) is 123 Å². The number of esters is 2. The van der Waals surface area contributed by atoms with E-state index in [2.05, 4.69) is 67.0 Å². The fourth-order valence-corrected chi connectivity index (χ4v) is 4.12. The van der Waals surface area contributed by atoms with Crippen molar-refractivity contribution in [3.05, 3.63) is 60.8 Å². The highest BCUT2D eigenvalue weighted by Gasteiger charge is 2.22. The Kier molecular flexibility index (Phi) is 27.3. The zero-order valence-corrected chi connectivity index (χ0v) is 26.8. The first-order valence-corrected chi connectivity index (χ1v) is 17.1. The van der Waals surface area contributed by atoms with Crippen molar-refractivity contribution in [2.24, 2.45) is 0 Å². The minimum Gasteiger partial charge on any atom is -0.462 e. The van der Waals surface area contributed by atoms with Crippen molar-refractivity contribution < 1.29 is 37.9 Å². The Morgan fingerprint density at radius 2 is 1.14 bits per heavy atom. The molecule has 0 aromatic carbocycles. The van der Waals surface area contributed by atoms with Crippen LogP contribution in [0.1, 0.15) is 117 Å². The van der Waals surface area contributed by atoms with Gasteiger partial charge in [-0.25, -0.2) is 4.57 Å². The van der Waals surface area contributed by atoms with Gasteiger partial charge in [-0.05, 0) is 51.4 Å². The molecule has 0 aliphatic rings. The van der Waals surface area contributed by atoms with Gasteiger partial charge in [-0.2, -0.15) is 0 Å². The fraction of sp³-hybridized carbons (Fsp3) is 0.636. The summed E-state index contributed by atoms with van der Waals surface area (Å²) < 4.78 is 26.0. The SMILES string of the molecule is CC/C=C\C/C=C\C/C=C\C/C=C\C/C=C\CCCC(=O)OC(COC(=O)CCCCCCCCC)COP(=O)(O)O. The molecule has 42 heavy (non-hydrogen) atoms. The first-order chi connectivity index (χ1) is 20.3. The second kappa shape index (κ2) is 28.9. The molecule has 0 amide bonds. The molecule has 1 unspecified atom stereocenters. The molecule has 2 N–H and O–H groups in total. The Morgan fingerprint density at radius 3 is 1.69 bits per heavy atom. The van der Waals surface area contributed by atoms with Crippen LogP contribution in [-0.4, -0.2) is 41.0 Å². The van der Waals surface area contributed by atoms with E-state index in [1.54, 1.807) is 0 Å². The molecule has 8 nitrogen and oxygen atoms in total. The van der Waals surface area contributed by atoms with Gasteiger partial charge in [0, 0.05) is 12.8 Å². The first-order valence-electron chi connectivity index (χ1n) is 15.6. The molecule has 0 heterocycles. The lowest BCUT2D eigenvalue weighted by atomic mass is 10.1. The number of rotatable bonds is 27. The summed E-state index contributed by atoms with van der Waals surface area (Å²) in [5, 5.41) is 0. The number of hydrogen-bond donors (Lipinski definition) is 2. The zero-order valence-electron chi connectivity index (χ0n) is 25.9. The van der Waals surface area contributed by atoms with E-state index in [1.165, 1.54) is 19.3 Å². The van der Waals surface area contributed by atoms with Crippen LogP contribution in [0.2, 0.25) is 0 Å². The minimum atomic E-state index is -4.75. The van der Waals surface area contributed by atoms with Crippen LogP contribution in [0.3, 0.4) is 0 Å². The average Bonchev–Trinajstić information content (AvgIpc) is 2.95. The summed E-state index contributed by atoms with van der Waals surface area (Å²) in [5.74, 6) is -0.969. The molecule has 0 spiro atoms. The number of allylic oxidation sites excluding steroid dienone is 10. The van der Waals surface area contributed by atoms with E-state index in [0.29, 0.717) is 19.3 Å². The highest BCUT2D eigenvalue weighted by Crippen LogP contribution is 2.35. The van der Waals surface area contributed by atoms with Crippen molar-refractivity contribution in [3.63, 3.8) is 0 Å². The van der Waals surface area contributed by atoms with E-state index in [-0.39, 0.29) is 19.4 Å².